The van der Waals surface area contributed by atoms with Crippen molar-refractivity contribution in [2.24, 2.45) is 5.92 Å². The molecule has 0 heterocycles. The molecule has 1 aliphatic rings. The van der Waals surface area contributed by atoms with Crippen LogP contribution in [0, 0.1) is 5.92 Å². The van der Waals surface area contributed by atoms with Gasteiger partial charge in [0.2, 0.25) is 0 Å². The zero-order valence-corrected chi connectivity index (χ0v) is 12.8. The van der Waals surface area contributed by atoms with Crippen molar-refractivity contribution in [3.05, 3.63) is 28.2 Å². The highest BCUT2D eigenvalue weighted by Crippen LogP contribution is 2.30. The number of hydrogen-bond acceptors (Lipinski definition) is 2. The average molecular weight is 312 g/mol. The molecular formula is C15H22BrNO. The number of rotatable bonds is 4. The van der Waals surface area contributed by atoms with Gasteiger partial charge in [-0.2, -0.15) is 0 Å². The fourth-order valence-corrected chi connectivity index (χ4v) is 3.07. The number of hydrogen-bond donors (Lipinski definition) is 1. The molecule has 100 valence electrons. The van der Waals surface area contributed by atoms with Crippen LogP contribution in [0.1, 0.15) is 38.2 Å². The second-order valence-electron chi connectivity index (χ2n) is 5.29. The van der Waals surface area contributed by atoms with E-state index in [1.165, 1.54) is 31.2 Å². The van der Waals surface area contributed by atoms with Crippen LogP contribution in [0.4, 0.5) is 0 Å². The first-order valence-electron chi connectivity index (χ1n) is 6.78. The summed E-state index contributed by atoms with van der Waals surface area (Å²) >= 11 is 3.52. The molecule has 0 bridgehead atoms. The van der Waals surface area contributed by atoms with E-state index in [4.69, 9.17) is 4.74 Å². The van der Waals surface area contributed by atoms with Gasteiger partial charge in [-0.15, -0.1) is 0 Å². The predicted molar refractivity (Wildman–Crippen MR) is 79.0 cm³/mol. The largest absolute Gasteiger partial charge is 0.490 e. The van der Waals surface area contributed by atoms with Crippen molar-refractivity contribution in [2.75, 3.05) is 7.05 Å². The summed E-state index contributed by atoms with van der Waals surface area (Å²) in [4.78, 5) is 0. The van der Waals surface area contributed by atoms with Crippen molar-refractivity contribution in [3.63, 3.8) is 0 Å². The second-order valence-corrected chi connectivity index (χ2v) is 6.21. The van der Waals surface area contributed by atoms with Crippen molar-refractivity contribution in [3.8, 4) is 5.75 Å². The van der Waals surface area contributed by atoms with Crippen molar-refractivity contribution >= 4 is 15.9 Å². The second kappa shape index (κ2) is 6.58. The molecular weight excluding hydrogens is 290 g/mol. The predicted octanol–water partition coefficient (Wildman–Crippen LogP) is 4.13. The highest BCUT2D eigenvalue weighted by molar-refractivity contribution is 9.10. The maximum Gasteiger partial charge on any atom is 0.124 e. The van der Waals surface area contributed by atoms with Crippen LogP contribution in [0.5, 0.6) is 5.75 Å². The zero-order valence-electron chi connectivity index (χ0n) is 11.2. The topological polar surface area (TPSA) is 21.3 Å². The number of nitrogens with one attached hydrogen (secondary N) is 1. The monoisotopic (exact) mass is 311 g/mol. The van der Waals surface area contributed by atoms with Gasteiger partial charge in [0.1, 0.15) is 5.75 Å². The third-order valence-corrected chi connectivity index (χ3v) is 4.06. The summed E-state index contributed by atoms with van der Waals surface area (Å²) in [6.45, 7) is 3.17. The van der Waals surface area contributed by atoms with Crippen LogP contribution in [0.15, 0.2) is 22.7 Å². The molecule has 1 aromatic carbocycles. The first-order valence-corrected chi connectivity index (χ1v) is 7.58. The Labute approximate surface area is 118 Å². The molecule has 1 aliphatic carbocycles. The van der Waals surface area contributed by atoms with Crippen LogP contribution < -0.4 is 10.1 Å². The summed E-state index contributed by atoms with van der Waals surface area (Å²) < 4.78 is 7.31. The summed E-state index contributed by atoms with van der Waals surface area (Å²) in [5.74, 6) is 1.83. The molecule has 2 unspecified atom stereocenters. The minimum atomic E-state index is 0.394. The van der Waals surface area contributed by atoms with E-state index in [9.17, 15) is 0 Å². The Kier molecular flexibility index (Phi) is 5.07. The Bertz CT molecular complexity index is 394. The van der Waals surface area contributed by atoms with E-state index in [0.29, 0.717) is 6.10 Å². The van der Waals surface area contributed by atoms with Crippen molar-refractivity contribution < 1.29 is 4.74 Å². The van der Waals surface area contributed by atoms with E-state index >= 15 is 0 Å². The van der Waals surface area contributed by atoms with E-state index in [1.807, 2.05) is 7.05 Å². The maximum atomic E-state index is 6.20. The van der Waals surface area contributed by atoms with Crippen LogP contribution in [0.25, 0.3) is 0 Å². The molecule has 1 N–H and O–H groups in total. The lowest BCUT2D eigenvalue weighted by molar-refractivity contribution is 0.128. The summed E-state index contributed by atoms with van der Waals surface area (Å²) in [5, 5.41) is 3.20. The van der Waals surface area contributed by atoms with Gasteiger partial charge in [-0.25, -0.2) is 0 Å². The van der Waals surface area contributed by atoms with Gasteiger partial charge in [0.15, 0.2) is 0 Å². The Balaban J connectivity index is 2.07. The molecule has 0 spiro atoms. The number of benzene rings is 1. The fourth-order valence-electron chi connectivity index (χ4n) is 2.66. The van der Waals surface area contributed by atoms with E-state index in [0.717, 1.165) is 22.7 Å². The van der Waals surface area contributed by atoms with Gasteiger partial charge in [-0.3, -0.25) is 0 Å². The molecule has 1 aromatic rings. The molecule has 1 fully saturated rings. The third-order valence-electron chi connectivity index (χ3n) is 3.57. The molecule has 2 rings (SSSR count). The molecule has 0 aliphatic heterocycles. The van der Waals surface area contributed by atoms with Crippen molar-refractivity contribution in [1.82, 2.24) is 5.32 Å². The van der Waals surface area contributed by atoms with Gasteiger partial charge in [-0.05, 0) is 50.4 Å². The zero-order chi connectivity index (χ0) is 13.0. The quantitative estimate of drug-likeness (QED) is 0.903. The minimum absolute atomic E-state index is 0.394. The Morgan fingerprint density at radius 3 is 2.94 bits per heavy atom. The van der Waals surface area contributed by atoms with E-state index in [-0.39, 0.29) is 0 Å². The van der Waals surface area contributed by atoms with Crippen LogP contribution in [0.3, 0.4) is 0 Å². The lowest BCUT2D eigenvalue weighted by Crippen LogP contribution is -2.24. The SMILES string of the molecule is CNCc1cc(Br)ccc1OC1CCCC(C)C1. The molecule has 3 heteroatoms. The van der Waals surface area contributed by atoms with E-state index in [2.05, 4.69) is 46.4 Å². The summed E-state index contributed by atoms with van der Waals surface area (Å²) in [6, 6.07) is 6.27. The van der Waals surface area contributed by atoms with Gasteiger partial charge in [0, 0.05) is 16.6 Å². The molecule has 0 amide bonds. The van der Waals surface area contributed by atoms with Crippen LogP contribution in [-0.2, 0) is 6.54 Å². The lowest BCUT2D eigenvalue weighted by atomic mass is 9.88. The van der Waals surface area contributed by atoms with E-state index < -0.39 is 0 Å². The Morgan fingerprint density at radius 1 is 1.39 bits per heavy atom. The normalized spacial score (nSPS) is 23.9. The summed E-state index contributed by atoms with van der Waals surface area (Å²) in [7, 11) is 1.97. The van der Waals surface area contributed by atoms with E-state index in [1.54, 1.807) is 0 Å². The molecule has 2 atom stereocenters. The first kappa shape index (κ1) is 13.9. The highest BCUT2D eigenvalue weighted by atomic mass is 79.9. The van der Waals surface area contributed by atoms with Crippen LogP contribution in [-0.4, -0.2) is 13.2 Å². The first-order chi connectivity index (χ1) is 8.69. The smallest absolute Gasteiger partial charge is 0.124 e. The fraction of sp³-hybridized carbons (Fsp3) is 0.600. The van der Waals surface area contributed by atoms with Gasteiger partial charge < -0.3 is 10.1 Å². The standard InChI is InChI=1S/C15H22BrNO/c1-11-4-3-5-14(8-11)18-15-7-6-13(16)9-12(15)10-17-2/h6-7,9,11,14,17H,3-5,8,10H2,1-2H3. The Hall–Kier alpha value is -0.540. The molecule has 0 saturated heterocycles. The molecule has 0 radical (unpaired) electrons. The molecule has 2 nitrogen and oxygen atoms in total. The van der Waals surface area contributed by atoms with Gasteiger partial charge in [0.05, 0.1) is 6.10 Å². The maximum absolute atomic E-state index is 6.20. The van der Waals surface area contributed by atoms with Crippen LogP contribution in [0.2, 0.25) is 0 Å². The van der Waals surface area contributed by atoms with Crippen molar-refractivity contribution in [2.45, 2.75) is 45.3 Å². The third kappa shape index (κ3) is 3.72. The van der Waals surface area contributed by atoms with Gasteiger partial charge >= 0.3 is 0 Å². The lowest BCUT2D eigenvalue weighted by Gasteiger charge is -2.28. The minimum Gasteiger partial charge on any atom is -0.490 e. The van der Waals surface area contributed by atoms with Crippen molar-refractivity contribution in [1.29, 1.82) is 0 Å². The molecule has 18 heavy (non-hydrogen) atoms. The Morgan fingerprint density at radius 2 is 2.22 bits per heavy atom. The summed E-state index contributed by atoms with van der Waals surface area (Å²) in [6.07, 6.45) is 5.42. The highest BCUT2D eigenvalue weighted by Gasteiger charge is 2.21. The van der Waals surface area contributed by atoms with Gasteiger partial charge in [-0.1, -0.05) is 29.3 Å². The summed E-state index contributed by atoms with van der Waals surface area (Å²) in [5.41, 5.74) is 1.23. The number of halogens is 1. The molecule has 1 saturated carbocycles. The van der Waals surface area contributed by atoms with Gasteiger partial charge in [0.25, 0.3) is 0 Å². The van der Waals surface area contributed by atoms with Crippen LogP contribution >= 0.6 is 15.9 Å². The average Bonchev–Trinajstić information content (AvgIpc) is 2.33. The number of ether oxygens (including phenoxy) is 1. The molecule has 0 aromatic heterocycles.